The van der Waals surface area contributed by atoms with Gasteiger partial charge in [0, 0.05) is 6.20 Å². The number of nitro groups is 1. The first-order valence-electron chi connectivity index (χ1n) is 9.34. The van der Waals surface area contributed by atoms with Crippen molar-refractivity contribution < 1.29 is 18.9 Å². The molecule has 0 fully saturated rings. The number of anilines is 1. The van der Waals surface area contributed by atoms with Crippen LogP contribution in [0.25, 0.3) is 0 Å². The Morgan fingerprint density at radius 3 is 2.84 bits per heavy atom. The number of halogens is 1. The molecule has 0 saturated carbocycles. The number of amides is 1. The molecule has 0 unspecified atom stereocenters. The second-order valence-corrected chi connectivity index (χ2v) is 7.61. The number of rotatable bonds is 8. The Morgan fingerprint density at radius 2 is 2.09 bits per heavy atom. The van der Waals surface area contributed by atoms with E-state index in [1.165, 1.54) is 16.9 Å². The third-order valence-corrected chi connectivity index (χ3v) is 5.00. The highest BCUT2D eigenvalue weighted by Gasteiger charge is 2.20. The summed E-state index contributed by atoms with van der Waals surface area (Å²) in [6.45, 7) is 0.654. The van der Waals surface area contributed by atoms with Gasteiger partial charge in [-0.25, -0.2) is 0 Å². The van der Waals surface area contributed by atoms with Crippen molar-refractivity contribution in [2.75, 3.05) is 12.4 Å². The minimum absolute atomic E-state index is 0.0984. The number of nitrogens with one attached hydrogen (secondary N) is 1. The van der Waals surface area contributed by atoms with Crippen LogP contribution in [0.15, 0.2) is 63.9 Å². The highest BCUT2D eigenvalue weighted by atomic mass is 79.9. The molecular formula is C20H17BrN6O5. The largest absolute Gasteiger partial charge is 0.497 e. The van der Waals surface area contributed by atoms with Crippen molar-refractivity contribution in [1.29, 1.82) is 0 Å². The van der Waals surface area contributed by atoms with Crippen molar-refractivity contribution in [2.45, 2.75) is 13.1 Å². The van der Waals surface area contributed by atoms with Gasteiger partial charge in [-0.2, -0.15) is 9.78 Å². The van der Waals surface area contributed by atoms with Crippen LogP contribution >= 0.6 is 15.9 Å². The van der Waals surface area contributed by atoms with E-state index < -0.39 is 10.8 Å². The van der Waals surface area contributed by atoms with Gasteiger partial charge in [-0.15, -0.1) is 0 Å². The molecule has 3 aromatic heterocycles. The number of hydrogen-bond acceptors (Lipinski definition) is 7. The third-order valence-electron chi connectivity index (χ3n) is 4.45. The van der Waals surface area contributed by atoms with Gasteiger partial charge >= 0.3 is 5.82 Å². The van der Waals surface area contributed by atoms with Gasteiger partial charge in [0.15, 0.2) is 5.76 Å². The van der Waals surface area contributed by atoms with E-state index in [1.807, 2.05) is 24.3 Å². The van der Waals surface area contributed by atoms with Crippen molar-refractivity contribution in [3.05, 3.63) is 86.7 Å². The molecule has 4 aromatic rings. The molecular weight excluding hydrogens is 484 g/mol. The van der Waals surface area contributed by atoms with Crippen molar-refractivity contribution in [3.63, 3.8) is 0 Å². The lowest BCUT2D eigenvalue weighted by molar-refractivity contribution is -0.390. The number of nitrogens with zero attached hydrogens (tertiary/aromatic N) is 5. The van der Waals surface area contributed by atoms with Gasteiger partial charge in [-0.05, 0) is 50.7 Å². The second kappa shape index (κ2) is 9.06. The van der Waals surface area contributed by atoms with Gasteiger partial charge in [0.2, 0.25) is 0 Å². The summed E-state index contributed by atoms with van der Waals surface area (Å²) in [6, 6.07) is 10.8. The maximum atomic E-state index is 12.5. The fourth-order valence-corrected chi connectivity index (χ4v) is 3.46. The van der Waals surface area contributed by atoms with E-state index in [1.54, 1.807) is 30.3 Å². The van der Waals surface area contributed by atoms with Crippen molar-refractivity contribution in [3.8, 4) is 5.75 Å². The van der Waals surface area contributed by atoms with E-state index in [2.05, 4.69) is 31.4 Å². The van der Waals surface area contributed by atoms with Crippen LogP contribution in [0.5, 0.6) is 5.75 Å². The van der Waals surface area contributed by atoms with Crippen LogP contribution < -0.4 is 10.1 Å². The number of ether oxygens (including phenoxy) is 1. The van der Waals surface area contributed by atoms with Crippen LogP contribution in [0.2, 0.25) is 0 Å². The van der Waals surface area contributed by atoms with E-state index in [0.717, 1.165) is 11.3 Å². The maximum absolute atomic E-state index is 12.5. The number of carbonyl (C=O) groups is 1. The minimum Gasteiger partial charge on any atom is -0.497 e. The fraction of sp³-hybridized carbons (Fsp3) is 0.150. The molecule has 0 aliphatic heterocycles. The van der Waals surface area contributed by atoms with Crippen LogP contribution in [-0.4, -0.2) is 37.5 Å². The molecule has 0 aliphatic carbocycles. The van der Waals surface area contributed by atoms with E-state index in [0.29, 0.717) is 18.0 Å². The number of aromatic nitrogens is 4. The molecule has 4 rings (SSSR count). The Labute approximate surface area is 189 Å². The minimum atomic E-state index is -0.587. The number of hydrogen-bond donors (Lipinski definition) is 1. The molecule has 1 N–H and O–H groups in total. The Kier molecular flexibility index (Phi) is 6.03. The predicted octanol–water partition coefficient (Wildman–Crippen LogP) is 3.70. The number of methoxy groups -OCH3 is 1. The van der Waals surface area contributed by atoms with Crippen molar-refractivity contribution in [2.24, 2.45) is 0 Å². The molecule has 3 heterocycles. The second-order valence-electron chi connectivity index (χ2n) is 6.75. The molecule has 164 valence electrons. The Bertz CT molecular complexity index is 1280. The summed E-state index contributed by atoms with van der Waals surface area (Å²) in [5.74, 6) is 0.550. The molecule has 11 nitrogen and oxygen atoms in total. The van der Waals surface area contributed by atoms with Crippen LogP contribution in [0, 0.1) is 10.1 Å². The van der Waals surface area contributed by atoms with E-state index in [-0.39, 0.29) is 22.6 Å². The SMILES string of the molecule is COc1cccc(Cn2cc(NC(=O)c3ccc(Cn4cc(Br)c([N+](=O)[O-])n4)o3)cn2)c1. The van der Waals surface area contributed by atoms with Crippen molar-refractivity contribution in [1.82, 2.24) is 19.6 Å². The van der Waals surface area contributed by atoms with Gasteiger partial charge in [0.25, 0.3) is 5.91 Å². The molecule has 32 heavy (non-hydrogen) atoms. The van der Waals surface area contributed by atoms with Crippen LogP contribution in [0.3, 0.4) is 0 Å². The van der Waals surface area contributed by atoms with Gasteiger partial charge < -0.3 is 24.6 Å². The molecule has 12 heteroatoms. The van der Waals surface area contributed by atoms with Crippen LogP contribution in [-0.2, 0) is 13.1 Å². The monoisotopic (exact) mass is 500 g/mol. The lowest BCUT2D eigenvalue weighted by Gasteiger charge is -2.04. The third kappa shape index (κ3) is 4.86. The lowest BCUT2D eigenvalue weighted by atomic mass is 10.2. The molecule has 0 bridgehead atoms. The highest BCUT2D eigenvalue weighted by Crippen LogP contribution is 2.23. The van der Waals surface area contributed by atoms with Crippen LogP contribution in [0.1, 0.15) is 21.9 Å². The average Bonchev–Trinajstić information content (AvgIpc) is 3.49. The first-order chi connectivity index (χ1) is 15.4. The van der Waals surface area contributed by atoms with Gasteiger partial charge in [0.05, 0.1) is 36.8 Å². The molecule has 0 aliphatic rings. The summed E-state index contributed by atoms with van der Waals surface area (Å²) in [4.78, 5) is 22.8. The summed E-state index contributed by atoms with van der Waals surface area (Å²) < 4.78 is 14.1. The maximum Gasteiger partial charge on any atom is 0.404 e. The Morgan fingerprint density at radius 1 is 1.25 bits per heavy atom. The zero-order valence-electron chi connectivity index (χ0n) is 16.8. The first-order valence-corrected chi connectivity index (χ1v) is 10.1. The summed E-state index contributed by atoms with van der Waals surface area (Å²) in [6.07, 6.45) is 4.72. The molecule has 0 atom stereocenters. The Balaban J connectivity index is 1.38. The molecule has 0 spiro atoms. The summed E-state index contributed by atoms with van der Waals surface area (Å²) in [7, 11) is 1.61. The quantitative estimate of drug-likeness (QED) is 0.288. The van der Waals surface area contributed by atoms with Crippen molar-refractivity contribution >= 4 is 33.3 Å². The van der Waals surface area contributed by atoms with Gasteiger partial charge in [0.1, 0.15) is 22.5 Å². The lowest BCUT2D eigenvalue weighted by Crippen LogP contribution is -2.10. The standard InChI is InChI=1S/C20H17BrN6O5/c1-31-15-4-2-3-13(7-15)9-25-10-14(8-22-25)23-20(28)18-6-5-16(32-18)11-26-12-17(21)19(24-26)27(29)30/h2-8,10,12H,9,11H2,1H3,(H,23,28). The number of furan rings is 1. The van der Waals surface area contributed by atoms with E-state index in [9.17, 15) is 14.9 Å². The van der Waals surface area contributed by atoms with Gasteiger partial charge in [-0.1, -0.05) is 12.1 Å². The fourth-order valence-electron chi connectivity index (χ4n) is 3.00. The highest BCUT2D eigenvalue weighted by molar-refractivity contribution is 9.10. The zero-order chi connectivity index (χ0) is 22.7. The normalized spacial score (nSPS) is 10.8. The summed E-state index contributed by atoms with van der Waals surface area (Å²) in [5, 5.41) is 21.8. The van der Waals surface area contributed by atoms with E-state index in [4.69, 9.17) is 9.15 Å². The smallest absolute Gasteiger partial charge is 0.404 e. The number of benzene rings is 1. The topological polar surface area (TPSA) is 130 Å². The Hall–Kier alpha value is -3.93. The average molecular weight is 501 g/mol. The summed E-state index contributed by atoms with van der Waals surface area (Å²) >= 11 is 3.09. The van der Waals surface area contributed by atoms with Gasteiger partial charge in [-0.3, -0.25) is 9.48 Å². The van der Waals surface area contributed by atoms with Crippen LogP contribution in [0.4, 0.5) is 11.5 Å². The zero-order valence-corrected chi connectivity index (χ0v) is 18.4. The van der Waals surface area contributed by atoms with E-state index >= 15 is 0 Å². The summed E-state index contributed by atoms with van der Waals surface area (Å²) in [5.41, 5.74) is 1.52. The molecule has 0 saturated heterocycles. The first kappa shape index (κ1) is 21.3. The molecule has 1 amide bonds. The molecule has 0 radical (unpaired) electrons. The molecule has 1 aromatic carbocycles. The predicted molar refractivity (Wildman–Crippen MR) is 117 cm³/mol. The number of carbonyl (C=O) groups excluding carboxylic acids is 1.